The predicted molar refractivity (Wildman–Crippen MR) is 138 cm³/mol. The average molecular weight is 556 g/mol. The van der Waals surface area contributed by atoms with Gasteiger partial charge in [-0.15, -0.1) is 0 Å². The number of hydrogen-bond acceptors (Lipinski definition) is 9. The highest BCUT2D eigenvalue weighted by atomic mass is 32.2. The summed E-state index contributed by atoms with van der Waals surface area (Å²) in [5.74, 6) is -0.730. The number of imidazole rings is 1. The van der Waals surface area contributed by atoms with E-state index in [2.05, 4.69) is 40.1 Å². The second kappa shape index (κ2) is 9.89. The van der Waals surface area contributed by atoms with Crippen LogP contribution in [0.25, 0.3) is 11.7 Å². The molecule has 2 aliphatic rings. The number of benzene rings is 1. The van der Waals surface area contributed by atoms with Gasteiger partial charge in [0.05, 0.1) is 12.2 Å². The molecule has 0 bridgehead atoms. The van der Waals surface area contributed by atoms with E-state index >= 15 is 0 Å². The number of aromatic hydroxyl groups is 1. The zero-order chi connectivity index (χ0) is 27.1. The Morgan fingerprint density at radius 2 is 1.82 bits per heavy atom. The summed E-state index contributed by atoms with van der Waals surface area (Å²) in [7, 11) is -3.97. The highest BCUT2D eigenvalue weighted by Gasteiger charge is 2.28. The Balaban J connectivity index is 1.22. The highest BCUT2D eigenvalue weighted by Crippen LogP contribution is 2.24. The van der Waals surface area contributed by atoms with Crippen LogP contribution in [0.15, 0.2) is 45.1 Å². The summed E-state index contributed by atoms with van der Waals surface area (Å²) < 4.78 is 43.5. The number of aromatic nitrogens is 6. The summed E-state index contributed by atoms with van der Waals surface area (Å²) in [4.78, 5) is 29.8. The number of nitrogens with one attached hydrogen (secondary N) is 4. The summed E-state index contributed by atoms with van der Waals surface area (Å²) in [5.41, 5.74) is 0.491. The zero-order valence-corrected chi connectivity index (χ0v) is 21.4. The second-order valence-electron chi connectivity index (χ2n) is 9.77. The van der Waals surface area contributed by atoms with E-state index in [-0.39, 0.29) is 34.6 Å². The third-order valence-electron chi connectivity index (χ3n) is 6.77. The lowest BCUT2D eigenvalue weighted by molar-refractivity contribution is 0.385. The molecule has 0 amide bonds. The maximum atomic E-state index is 14.0. The monoisotopic (exact) mass is 555 g/mol. The first kappa shape index (κ1) is 25.2. The predicted octanol–water partition coefficient (Wildman–Crippen LogP) is 0.298. The lowest BCUT2D eigenvalue weighted by atomic mass is 9.92. The number of aromatic amines is 2. The van der Waals surface area contributed by atoms with Crippen LogP contribution in [-0.2, 0) is 10.0 Å². The number of H-pyrrole nitrogens is 2. The summed E-state index contributed by atoms with van der Waals surface area (Å²) >= 11 is 0. The molecule has 2 saturated carbocycles. The molecule has 4 aromatic rings. The van der Waals surface area contributed by atoms with Crippen LogP contribution in [0.2, 0.25) is 0 Å². The van der Waals surface area contributed by atoms with Crippen molar-refractivity contribution >= 4 is 27.7 Å². The van der Waals surface area contributed by atoms with Crippen molar-refractivity contribution in [2.24, 2.45) is 4.99 Å². The Morgan fingerprint density at radius 3 is 2.51 bits per heavy atom. The van der Waals surface area contributed by atoms with Crippen LogP contribution in [0.5, 0.6) is 5.88 Å². The van der Waals surface area contributed by atoms with Crippen LogP contribution in [0.1, 0.15) is 44.2 Å². The van der Waals surface area contributed by atoms with E-state index < -0.39 is 21.5 Å². The van der Waals surface area contributed by atoms with Crippen LogP contribution >= 0.6 is 0 Å². The maximum Gasteiger partial charge on any atom is 0.326 e. The van der Waals surface area contributed by atoms with Crippen LogP contribution in [0.3, 0.4) is 0 Å². The van der Waals surface area contributed by atoms with E-state index in [4.69, 9.17) is 0 Å². The van der Waals surface area contributed by atoms with Gasteiger partial charge in [-0.25, -0.2) is 27.3 Å². The van der Waals surface area contributed by atoms with E-state index in [1.54, 1.807) is 12.3 Å². The zero-order valence-electron chi connectivity index (χ0n) is 20.6. The second-order valence-corrected chi connectivity index (χ2v) is 11.5. The molecule has 204 valence electrons. The van der Waals surface area contributed by atoms with Crippen LogP contribution < -0.4 is 26.6 Å². The standard InChI is InChI=1S/C24H26FN9O4S/c25-17-3-1-2-4-19(17)39(37,38)33-16-9-7-14(8-10-16)27-22-30-20-13(11-18-21(35)31-24(36)29-18)12-26-34(20)23(32-22)28-15-5-6-15/h1-4,11-12,14-16,33,35H,5-10H2,(H,27,28,32)(H2,29,31,36)/b13-11+. The molecule has 0 aliphatic heterocycles. The van der Waals surface area contributed by atoms with Gasteiger partial charge in [-0.2, -0.15) is 19.6 Å². The van der Waals surface area contributed by atoms with Crippen LogP contribution in [-0.4, -0.2) is 61.2 Å². The Morgan fingerprint density at radius 1 is 1.08 bits per heavy atom. The minimum atomic E-state index is -3.97. The molecule has 0 saturated heterocycles. The van der Waals surface area contributed by atoms with Crippen molar-refractivity contribution < 1.29 is 17.9 Å². The molecular weight excluding hydrogens is 529 g/mol. The van der Waals surface area contributed by atoms with Gasteiger partial charge in [0.2, 0.25) is 21.9 Å². The fraction of sp³-hybridized carbons (Fsp3) is 0.375. The molecule has 5 N–H and O–H groups in total. The fourth-order valence-electron chi connectivity index (χ4n) is 4.63. The Bertz CT molecular complexity index is 1820. The molecule has 0 unspecified atom stereocenters. The quantitative estimate of drug-likeness (QED) is 0.216. The van der Waals surface area contributed by atoms with Gasteiger partial charge >= 0.3 is 5.69 Å². The first-order valence-corrected chi connectivity index (χ1v) is 14.1. The average Bonchev–Trinajstić information content (AvgIpc) is 3.53. The number of hydrogen-bond donors (Lipinski definition) is 5. The lowest BCUT2D eigenvalue weighted by Gasteiger charge is -2.29. The van der Waals surface area contributed by atoms with Gasteiger partial charge in [0.15, 0.2) is 5.65 Å². The molecule has 13 nitrogen and oxygen atoms in total. The Labute approximate surface area is 221 Å². The highest BCUT2D eigenvalue weighted by molar-refractivity contribution is 7.89. The SMILES string of the molecule is O=c1[nH]c(O)c(/C=c2\cnn3c(=NC4CC4)nc(NC4CCC(NS(=O)(=O)c5ccccc5F)CC4)nc23)[nH]1. The van der Waals surface area contributed by atoms with Gasteiger partial charge in [0.1, 0.15) is 16.4 Å². The Hall–Kier alpha value is -4.11. The molecule has 15 heteroatoms. The summed E-state index contributed by atoms with van der Waals surface area (Å²) in [6.45, 7) is 0. The van der Waals surface area contributed by atoms with Crippen molar-refractivity contribution in [2.75, 3.05) is 5.32 Å². The number of nitrogens with zero attached hydrogens (tertiary/aromatic N) is 5. The van der Waals surface area contributed by atoms with E-state index in [9.17, 15) is 22.7 Å². The molecule has 2 fully saturated rings. The smallest absolute Gasteiger partial charge is 0.326 e. The third-order valence-corrected chi connectivity index (χ3v) is 8.32. The molecular formula is C24H26FN9O4S. The van der Waals surface area contributed by atoms with Gasteiger partial charge in [0.25, 0.3) is 5.62 Å². The summed E-state index contributed by atoms with van der Waals surface area (Å²) in [5, 5.41) is 18.2. The van der Waals surface area contributed by atoms with E-state index in [0.29, 0.717) is 48.1 Å². The molecule has 1 aromatic carbocycles. The number of fused-ring (bicyclic) bond motifs is 1. The van der Waals surface area contributed by atoms with Crippen molar-refractivity contribution in [1.82, 2.24) is 34.3 Å². The van der Waals surface area contributed by atoms with Gasteiger partial charge in [-0.05, 0) is 56.7 Å². The van der Waals surface area contributed by atoms with Gasteiger partial charge in [-0.3, -0.25) is 4.98 Å². The fourth-order valence-corrected chi connectivity index (χ4v) is 6.01. The number of anilines is 1. The minimum Gasteiger partial charge on any atom is -0.493 e. The molecule has 0 radical (unpaired) electrons. The van der Waals surface area contributed by atoms with Gasteiger partial charge in [-0.1, -0.05) is 12.1 Å². The summed E-state index contributed by atoms with van der Waals surface area (Å²) in [6.07, 6.45) is 7.45. The van der Waals surface area contributed by atoms with E-state index in [1.807, 2.05) is 0 Å². The van der Waals surface area contributed by atoms with Gasteiger partial charge < -0.3 is 15.4 Å². The number of sulfonamides is 1. The van der Waals surface area contributed by atoms with Crippen LogP contribution in [0.4, 0.5) is 10.3 Å². The van der Waals surface area contributed by atoms with Crippen molar-refractivity contribution in [3.05, 3.63) is 63.3 Å². The van der Waals surface area contributed by atoms with Crippen molar-refractivity contribution in [2.45, 2.75) is 61.5 Å². The van der Waals surface area contributed by atoms with Gasteiger partial charge in [0, 0.05) is 17.3 Å². The molecule has 3 heterocycles. The summed E-state index contributed by atoms with van der Waals surface area (Å²) in [6, 6.07) is 5.16. The molecule has 0 spiro atoms. The Kier molecular flexibility index (Phi) is 6.38. The van der Waals surface area contributed by atoms with Crippen molar-refractivity contribution in [3.8, 4) is 5.88 Å². The first-order chi connectivity index (χ1) is 18.7. The molecule has 39 heavy (non-hydrogen) atoms. The van der Waals surface area contributed by atoms with Crippen molar-refractivity contribution in [1.29, 1.82) is 0 Å². The van der Waals surface area contributed by atoms with E-state index in [1.165, 1.54) is 22.7 Å². The molecule has 6 rings (SSSR count). The largest absolute Gasteiger partial charge is 0.493 e. The normalized spacial score (nSPS) is 21.1. The number of halogens is 1. The maximum absolute atomic E-state index is 14.0. The molecule has 3 aromatic heterocycles. The third kappa shape index (κ3) is 5.40. The first-order valence-electron chi connectivity index (χ1n) is 12.6. The van der Waals surface area contributed by atoms with Crippen molar-refractivity contribution in [3.63, 3.8) is 0 Å². The minimum absolute atomic E-state index is 0.0177. The molecule has 0 atom stereocenters. The molecule has 2 aliphatic carbocycles. The lowest BCUT2D eigenvalue weighted by Crippen LogP contribution is -2.40. The topological polar surface area (TPSA) is 183 Å². The number of rotatable bonds is 7. The van der Waals surface area contributed by atoms with Crippen LogP contribution in [0, 0.1) is 5.82 Å². The van der Waals surface area contributed by atoms with E-state index in [0.717, 1.165) is 18.9 Å².